The number of hydrogen-bond acceptors (Lipinski definition) is 2. The molecular formula is C12H17NO2. The highest BCUT2D eigenvalue weighted by Gasteiger charge is 2.18. The van der Waals surface area contributed by atoms with Crippen LogP contribution in [0, 0.1) is 0 Å². The third-order valence-corrected chi connectivity index (χ3v) is 2.48. The summed E-state index contributed by atoms with van der Waals surface area (Å²) < 4.78 is 0. The summed E-state index contributed by atoms with van der Waals surface area (Å²) in [4.78, 5) is 15.0. The minimum absolute atomic E-state index is 0.398. The first-order valence-electron chi connectivity index (χ1n) is 5.38. The van der Waals surface area contributed by atoms with Gasteiger partial charge in [0.05, 0.1) is 5.92 Å². The third kappa shape index (κ3) is 3.70. The lowest BCUT2D eigenvalue weighted by atomic mass is 9.95. The molecule has 1 rings (SSSR count). The molecule has 0 saturated carbocycles. The Bertz CT molecular complexity index is 298. The van der Waals surface area contributed by atoms with Gasteiger partial charge in [0.2, 0.25) is 0 Å². The Morgan fingerprint density at radius 3 is 2.87 bits per heavy atom. The van der Waals surface area contributed by atoms with E-state index < -0.39 is 11.9 Å². The maximum absolute atomic E-state index is 11.1. The van der Waals surface area contributed by atoms with Crippen LogP contribution in [0.2, 0.25) is 0 Å². The molecule has 1 N–H and O–H groups in total. The van der Waals surface area contributed by atoms with Crippen LogP contribution in [-0.4, -0.2) is 16.1 Å². The molecule has 0 aliphatic rings. The van der Waals surface area contributed by atoms with Gasteiger partial charge < -0.3 is 5.11 Å². The molecule has 0 saturated heterocycles. The highest BCUT2D eigenvalue weighted by atomic mass is 16.4. The molecule has 0 spiro atoms. The summed E-state index contributed by atoms with van der Waals surface area (Å²) >= 11 is 0. The van der Waals surface area contributed by atoms with Gasteiger partial charge in [-0.25, -0.2) is 0 Å². The van der Waals surface area contributed by atoms with Gasteiger partial charge in [0, 0.05) is 12.4 Å². The van der Waals surface area contributed by atoms with Gasteiger partial charge in [0.1, 0.15) is 0 Å². The highest BCUT2D eigenvalue weighted by molar-refractivity contribution is 5.75. The van der Waals surface area contributed by atoms with E-state index in [1.807, 2.05) is 6.07 Å². The van der Waals surface area contributed by atoms with Gasteiger partial charge >= 0.3 is 5.97 Å². The fourth-order valence-electron chi connectivity index (χ4n) is 1.61. The van der Waals surface area contributed by atoms with Crippen LogP contribution >= 0.6 is 0 Å². The first-order valence-corrected chi connectivity index (χ1v) is 5.38. The van der Waals surface area contributed by atoms with Gasteiger partial charge in [-0.2, -0.15) is 0 Å². The molecule has 0 aliphatic heterocycles. The van der Waals surface area contributed by atoms with Crippen molar-refractivity contribution in [1.82, 2.24) is 4.98 Å². The minimum Gasteiger partial charge on any atom is -0.481 e. The number of carbonyl (C=O) groups is 1. The van der Waals surface area contributed by atoms with E-state index >= 15 is 0 Å². The first kappa shape index (κ1) is 11.7. The maximum Gasteiger partial charge on any atom is 0.311 e. The van der Waals surface area contributed by atoms with E-state index in [4.69, 9.17) is 5.11 Å². The van der Waals surface area contributed by atoms with Crippen molar-refractivity contribution in [2.24, 2.45) is 0 Å². The van der Waals surface area contributed by atoms with E-state index in [1.165, 1.54) is 0 Å². The second kappa shape index (κ2) is 6.17. The smallest absolute Gasteiger partial charge is 0.311 e. The molecule has 1 aromatic rings. The average molecular weight is 207 g/mol. The van der Waals surface area contributed by atoms with Gasteiger partial charge in [-0.15, -0.1) is 0 Å². The summed E-state index contributed by atoms with van der Waals surface area (Å²) in [5.41, 5.74) is 0.807. The van der Waals surface area contributed by atoms with E-state index in [0.29, 0.717) is 6.42 Å². The van der Waals surface area contributed by atoms with Crippen molar-refractivity contribution in [3.63, 3.8) is 0 Å². The third-order valence-electron chi connectivity index (χ3n) is 2.48. The van der Waals surface area contributed by atoms with Crippen molar-refractivity contribution >= 4 is 5.97 Å². The van der Waals surface area contributed by atoms with E-state index in [0.717, 1.165) is 24.8 Å². The van der Waals surface area contributed by atoms with Crippen molar-refractivity contribution in [2.45, 2.75) is 38.5 Å². The Labute approximate surface area is 90.2 Å². The summed E-state index contributed by atoms with van der Waals surface area (Å²) in [5.74, 6) is -1.15. The summed E-state index contributed by atoms with van der Waals surface area (Å²) in [5, 5.41) is 9.10. The van der Waals surface area contributed by atoms with Gasteiger partial charge in [0.25, 0.3) is 0 Å². The molecule has 1 heterocycles. The standard InChI is InChI=1S/C12H17NO2/c1-2-3-4-7-11(12(14)15)10-6-5-8-13-9-10/h5-6,8-9,11H,2-4,7H2,1H3,(H,14,15). The molecule has 1 atom stereocenters. The summed E-state index contributed by atoms with van der Waals surface area (Å²) in [6.45, 7) is 2.11. The topological polar surface area (TPSA) is 50.2 Å². The molecule has 0 aromatic carbocycles. The molecule has 0 fully saturated rings. The van der Waals surface area contributed by atoms with Crippen molar-refractivity contribution < 1.29 is 9.90 Å². The van der Waals surface area contributed by atoms with Crippen LogP contribution in [0.15, 0.2) is 24.5 Å². The molecule has 1 unspecified atom stereocenters. The molecule has 0 amide bonds. The minimum atomic E-state index is -0.751. The summed E-state index contributed by atoms with van der Waals surface area (Å²) in [6, 6.07) is 3.61. The Hall–Kier alpha value is -1.38. The number of aromatic nitrogens is 1. The Morgan fingerprint density at radius 2 is 2.33 bits per heavy atom. The highest BCUT2D eigenvalue weighted by Crippen LogP contribution is 2.21. The Balaban J connectivity index is 2.62. The van der Waals surface area contributed by atoms with Gasteiger partial charge in [-0.05, 0) is 18.1 Å². The number of carboxylic acids is 1. The van der Waals surface area contributed by atoms with E-state index in [2.05, 4.69) is 11.9 Å². The van der Waals surface area contributed by atoms with E-state index in [9.17, 15) is 4.79 Å². The zero-order chi connectivity index (χ0) is 11.1. The second-order valence-corrected chi connectivity index (χ2v) is 3.67. The predicted molar refractivity (Wildman–Crippen MR) is 58.8 cm³/mol. The molecule has 3 heteroatoms. The first-order chi connectivity index (χ1) is 7.25. The maximum atomic E-state index is 11.1. The largest absolute Gasteiger partial charge is 0.481 e. The van der Waals surface area contributed by atoms with Crippen molar-refractivity contribution in [3.8, 4) is 0 Å². The number of unbranched alkanes of at least 4 members (excludes halogenated alkanes) is 2. The van der Waals surface area contributed by atoms with Crippen LogP contribution in [0.25, 0.3) is 0 Å². The van der Waals surface area contributed by atoms with Gasteiger partial charge in [-0.3, -0.25) is 9.78 Å². The van der Waals surface area contributed by atoms with Gasteiger partial charge in [-0.1, -0.05) is 32.3 Å². The lowest BCUT2D eigenvalue weighted by molar-refractivity contribution is -0.139. The van der Waals surface area contributed by atoms with Crippen LogP contribution < -0.4 is 0 Å². The molecular weight excluding hydrogens is 190 g/mol. The number of aliphatic carboxylic acids is 1. The zero-order valence-electron chi connectivity index (χ0n) is 9.02. The van der Waals surface area contributed by atoms with Crippen LogP contribution in [-0.2, 0) is 4.79 Å². The zero-order valence-corrected chi connectivity index (χ0v) is 9.02. The summed E-state index contributed by atoms with van der Waals surface area (Å²) in [7, 11) is 0. The number of carboxylic acid groups (broad SMARTS) is 1. The molecule has 15 heavy (non-hydrogen) atoms. The monoisotopic (exact) mass is 207 g/mol. The number of pyridine rings is 1. The van der Waals surface area contributed by atoms with E-state index in [1.54, 1.807) is 18.5 Å². The van der Waals surface area contributed by atoms with Crippen LogP contribution in [0.3, 0.4) is 0 Å². The lowest BCUT2D eigenvalue weighted by Crippen LogP contribution is -2.11. The normalized spacial score (nSPS) is 12.3. The predicted octanol–water partition coefficient (Wildman–Crippen LogP) is 2.83. The summed E-state index contributed by atoms with van der Waals surface area (Å²) in [6.07, 6.45) is 7.17. The molecule has 1 aromatic heterocycles. The molecule has 0 aliphatic carbocycles. The van der Waals surface area contributed by atoms with Crippen LogP contribution in [0.5, 0.6) is 0 Å². The Morgan fingerprint density at radius 1 is 1.53 bits per heavy atom. The molecule has 0 bridgehead atoms. The quantitative estimate of drug-likeness (QED) is 0.730. The number of hydrogen-bond donors (Lipinski definition) is 1. The SMILES string of the molecule is CCCCCC(C(=O)O)c1cccnc1. The van der Waals surface area contributed by atoms with Gasteiger partial charge in [0.15, 0.2) is 0 Å². The fraction of sp³-hybridized carbons (Fsp3) is 0.500. The van der Waals surface area contributed by atoms with E-state index in [-0.39, 0.29) is 0 Å². The molecule has 3 nitrogen and oxygen atoms in total. The van der Waals surface area contributed by atoms with Crippen molar-refractivity contribution in [3.05, 3.63) is 30.1 Å². The molecule has 82 valence electrons. The Kier molecular flexibility index (Phi) is 4.81. The number of nitrogens with zero attached hydrogens (tertiary/aromatic N) is 1. The van der Waals surface area contributed by atoms with Crippen molar-refractivity contribution in [2.75, 3.05) is 0 Å². The second-order valence-electron chi connectivity index (χ2n) is 3.67. The van der Waals surface area contributed by atoms with Crippen molar-refractivity contribution in [1.29, 1.82) is 0 Å². The lowest BCUT2D eigenvalue weighted by Gasteiger charge is -2.11. The molecule has 0 radical (unpaired) electrons. The fourth-order valence-corrected chi connectivity index (χ4v) is 1.61. The van der Waals surface area contributed by atoms with Crippen LogP contribution in [0.1, 0.15) is 44.1 Å². The number of rotatable bonds is 6. The average Bonchev–Trinajstić information content (AvgIpc) is 2.25. The van der Waals surface area contributed by atoms with Crippen LogP contribution in [0.4, 0.5) is 0 Å².